The van der Waals surface area contributed by atoms with Gasteiger partial charge in [-0.15, -0.1) is 0 Å². The molecule has 1 unspecified atom stereocenters. The molecular weight excluding hydrogens is 292 g/mol. The van der Waals surface area contributed by atoms with Crippen LogP contribution in [-0.2, 0) is 10.0 Å². The van der Waals surface area contributed by atoms with Crippen LogP contribution in [0.1, 0.15) is 26.7 Å². The van der Waals surface area contributed by atoms with Crippen LogP contribution in [0.5, 0.6) is 0 Å². The van der Waals surface area contributed by atoms with Crippen LogP contribution in [0.3, 0.4) is 0 Å². The van der Waals surface area contributed by atoms with Gasteiger partial charge >= 0.3 is 0 Å². The zero-order valence-corrected chi connectivity index (χ0v) is 14.0. The Hall–Kier alpha value is -0.720. The van der Waals surface area contributed by atoms with Crippen molar-refractivity contribution >= 4 is 27.5 Å². The van der Waals surface area contributed by atoms with Gasteiger partial charge in [-0.2, -0.15) is 11.8 Å². The topological polar surface area (TPSA) is 58.2 Å². The zero-order chi connectivity index (χ0) is 15.0. The van der Waals surface area contributed by atoms with E-state index in [0.29, 0.717) is 16.7 Å². The summed E-state index contributed by atoms with van der Waals surface area (Å²) in [4.78, 5) is 0.316. The molecule has 0 bridgehead atoms. The molecule has 1 aromatic carbocycles. The van der Waals surface area contributed by atoms with E-state index in [1.165, 1.54) is 0 Å². The molecule has 0 fully saturated rings. The Morgan fingerprint density at radius 1 is 1.20 bits per heavy atom. The number of thioether (sulfide) groups is 1. The summed E-state index contributed by atoms with van der Waals surface area (Å²) in [6, 6.07) is 6.88. The highest BCUT2D eigenvalue weighted by molar-refractivity contribution is 7.99. The molecule has 0 aliphatic carbocycles. The van der Waals surface area contributed by atoms with Crippen LogP contribution in [0.4, 0.5) is 5.69 Å². The van der Waals surface area contributed by atoms with E-state index in [4.69, 9.17) is 0 Å². The summed E-state index contributed by atoms with van der Waals surface area (Å²) in [6.45, 7) is 5.54. The quantitative estimate of drug-likeness (QED) is 0.735. The minimum absolute atomic E-state index is 0.316. The van der Waals surface area contributed by atoms with Gasteiger partial charge in [-0.3, -0.25) is 0 Å². The van der Waals surface area contributed by atoms with Crippen LogP contribution in [0.25, 0.3) is 0 Å². The Balaban J connectivity index is 2.58. The van der Waals surface area contributed by atoms with E-state index in [1.807, 2.05) is 6.26 Å². The van der Waals surface area contributed by atoms with Gasteiger partial charge in [0.05, 0.1) is 4.90 Å². The summed E-state index contributed by atoms with van der Waals surface area (Å²) in [5.74, 6) is 0. The zero-order valence-electron chi connectivity index (χ0n) is 12.3. The summed E-state index contributed by atoms with van der Waals surface area (Å²) in [5.41, 5.74) is 0.946. The van der Waals surface area contributed by atoms with Gasteiger partial charge in [0.25, 0.3) is 0 Å². The number of benzene rings is 1. The van der Waals surface area contributed by atoms with Crippen LogP contribution < -0.4 is 10.0 Å². The molecule has 1 aromatic rings. The third kappa shape index (κ3) is 5.73. The number of rotatable bonds is 9. The Bertz CT molecular complexity index is 486. The molecule has 0 aliphatic heterocycles. The Kier molecular flexibility index (Phi) is 7.40. The molecule has 6 heteroatoms. The van der Waals surface area contributed by atoms with E-state index in [2.05, 4.69) is 23.9 Å². The molecule has 114 valence electrons. The number of hydrogen-bond acceptors (Lipinski definition) is 4. The molecule has 0 aliphatic rings. The molecule has 0 amide bonds. The lowest BCUT2D eigenvalue weighted by Gasteiger charge is -2.10. The lowest BCUT2D eigenvalue weighted by atomic mass is 10.3. The van der Waals surface area contributed by atoms with E-state index >= 15 is 0 Å². The van der Waals surface area contributed by atoms with E-state index < -0.39 is 10.0 Å². The minimum atomic E-state index is -3.39. The second-order valence-electron chi connectivity index (χ2n) is 4.68. The first-order valence-corrected chi connectivity index (χ1v) is 9.63. The predicted octanol–water partition coefficient (Wildman–Crippen LogP) is 2.93. The number of sulfonamides is 1. The lowest BCUT2D eigenvalue weighted by molar-refractivity contribution is 0.579. The SMILES string of the molecule is CCCNc1ccc(S(=O)(=O)NCCC(C)SC)cc1. The first kappa shape index (κ1) is 17.3. The largest absolute Gasteiger partial charge is 0.385 e. The molecule has 4 nitrogen and oxygen atoms in total. The third-order valence-corrected chi connectivity index (χ3v) is 5.51. The van der Waals surface area contributed by atoms with Crippen molar-refractivity contribution in [2.24, 2.45) is 0 Å². The van der Waals surface area contributed by atoms with Gasteiger partial charge in [-0.05, 0) is 43.4 Å². The van der Waals surface area contributed by atoms with Gasteiger partial charge in [0.1, 0.15) is 0 Å². The maximum atomic E-state index is 12.1. The van der Waals surface area contributed by atoms with Gasteiger partial charge in [0.15, 0.2) is 0 Å². The Morgan fingerprint density at radius 2 is 1.85 bits per heavy atom. The van der Waals surface area contributed by atoms with Crippen LogP contribution in [0, 0.1) is 0 Å². The summed E-state index contributed by atoms with van der Waals surface area (Å²) in [5, 5.41) is 3.68. The number of anilines is 1. The predicted molar refractivity (Wildman–Crippen MR) is 88.0 cm³/mol. The van der Waals surface area contributed by atoms with Crippen molar-refractivity contribution in [2.75, 3.05) is 24.7 Å². The highest BCUT2D eigenvalue weighted by Gasteiger charge is 2.13. The molecule has 0 aromatic heterocycles. The third-order valence-electron chi connectivity index (χ3n) is 2.99. The van der Waals surface area contributed by atoms with Crippen molar-refractivity contribution in [3.63, 3.8) is 0 Å². The fourth-order valence-electron chi connectivity index (χ4n) is 1.62. The molecule has 1 rings (SSSR count). The number of hydrogen-bond donors (Lipinski definition) is 2. The van der Waals surface area contributed by atoms with Crippen LogP contribution in [-0.4, -0.2) is 33.0 Å². The molecule has 20 heavy (non-hydrogen) atoms. The highest BCUT2D eigenvalue weighted by Crippen LogP contribution is 2.14. The molecule has 0 radical (unpaired) electrons. The van der Waals surface area contributed by atoms with E-state index in [1.54, 1.807) is 36.0 Å². The van der Waals surface area contributed by atoms with E-state index in [-0.39, 0.29) is 0 Å². The van der Waals surface area contributed by atoms with Crippen LogP contribution in [0.15, 0.2) is 29.2 Å². The monoisotopic (exact) mass is 316 g/mol. The summed E-state index contributed by atoms with van der Waals surface area (Å²) in [7, 11) is -3.39. The molecule has 0 heterocycles. The van der Waals surface area contributed by atoms with Gasteiger partial charge in [0.2, 0.25) is 10.0 Å². The summed E-state index contributed by atoms with van der Waals surface area (Å²) >= 11 is 1.74. The fraction of sp³-hybridized carbons (Fsp3) is 0.571. The second-order valence-corrected chi connectivity index (χ2v) is 7.73. The Labute approximate surface area is 126 Å². The average Bonchev–Trinajstić information content (AvgIpc) is 2.45. The van der Waals surface area contributed by atoms with Crippen molar-refractivity contribution in [3.8, 4) is 0 Å². The minimum Gasteiger partial charge on any atom is -0.385 e. The highest BCUT2D eigenvalue weighted by atomic mass is 32.2. The number of nitrogens with one attached hydrogen (secondary N) is 2. The maximum absolute atomic E-state index is 12.1. The lowest BCUT2D eigenvalue weighted by Crippen LogP contribution is -2.26. The second kappa shape index (κ2) is 8.54. The fourth-order valence-corrected chi connectivity index (χ4v) is 3.02. The summed E-state index contributed by atoms with van der Waals surface area (Å²) in [6.07, 6.45) is 3.90. The normalized spacial score (nSPS) is 13.2. The Morgan fingerprint density at radius 3 is 2.40 bits per heavy atom. The van der Waals surface area contributed by atoms with Gasteiger partial charge < -0.3 is 5.32 Å². The van der Waals surface area contributed by atoms with Gasteiger partial charge in [0, 0.05) is 24.0 Å². The smallest absolute Gasteiger partial charge is 0.240 e. The average molecular weight is 316 g/mol. The summed E-state index contributed by atoms with van der Waals surface area (Å²) < 4.78 is 26.8. The van der Waals surface area contributed by atoms with Crippen molar-refractivity contribution in [1.82, 2.24) is 4.72 Å². The first-order valence-electron chi connectivity index (χ1n) is 6.86. The molecule has 0 saturated heterocycles. The maximum Gasteiger partial charge on any atom is 0.240 e. The van der Waals surface area contributed by atoms with Gasteiger partial charge in [-0.25, -0.2) is 13.1 Å². The molecule has 2 N–H and O–H groups in total. The standard InChI is InChI=1S/C14H24N2O2S2/c1-4-10-15-13-5-7-14(8-6-13)20(17,18)16-11-9-12(2)19-3/h5-8,12,15-16H,4,9-11H2,1-3H3. The molecule has 0 spiro atoms. The van der Waals surface area contributed by atoms with Crippen molar-refractivity contribution < 1.29 is 8.42 Å². The first-order chi connectivity index (χ1) is 9.49. The van der Waals surface area contributed by atoms with E-state index in [9.17, 15) is 8.42 Å². The van der Waals surface area contributed by atoms with Gasteiger partial charge in [-0.1, -0.05) is 13.8 Å². The van der Waals surface area contributed by atoms with Crippen LogP contribution in [0.2, 0.25) is 0 Å². The molecule has 0 saturated carbocycles. The van der Waals surface area contributed by atoms with Crippen LogP contribution >= 0.6 is 11.8 Å². The van der Waals surface area contributed by atoms with Crippen molar-refractivity contribution in [3.05, 3.63) is 24.3 Å². The van der Waals surface area contributed by atoms with E-state index in [0.717, 1.165) is 25.1 Å². The van der Waals surface area contributed by atoms with Crippen molar-refractivity contribution in [1.29, 1.82) is 0 Å². The molecular formula is C14H24N2O2S2. The van der Waals surface area contributed by atoms with Crippen molar-refractivity contribution in [2.45, 2.75) is 36.8 Å². The molecule has 1 atom stereocenters.